The number of nitrogens with zero attached hydrogens (tertiary/aromatic N) is 3. The van der Waals surface area contributed by atoms with E-state index >= 15 is 4.39 Å². The zero-order valence-corrected chi connectivity index (χ0v) is 21.7. The molecule has 0 bridgehead atoms. The third-order valence-electron chi connectivity index (χ3n) is 6.52. The molecule has 0 saturated heterocycles. The average Bonchev–Trinajstić information content (AvgIpc) is 3.18. The number of carboxylic acids is 1. The second-order valence-electron chi connectivity index (χ2n) is 10.4. The summed E-state index contributed by atoms with van der Waals surface area (Å²) in [5, 5.41) is 14.6. The van der Waals surface area contributed by atoms with Crippen molar-refractivity contribution in [1.29, 1.82) is 0 Å². The van der Waals surface area contributed by atoms with Crippen LogP contribution in [0.2, 0.25) is 0 Å². The summed E-state index contributed by atoms with van der Waals surface area (Å²) in [7, 11) is 0. The van der Waals surface area contributed by atoms with Crippen LogP contribution in [0.3, 0.4) is 0 Å². The maximum Gasteiger partial charge on any atom is 0.307 e. The van der Waals surface area contributed by atoms with Crippen LogP contribution < -0.4 is 9.47 Å². The highest BCUT2D eigenvalue weighted by atomic mass is 19.1. The molecule has 7 nitrogen and oxygen atoms in total. The van der Waals surface area contributed by atoms with E-state index in [-0.39, 0.29) is 12.2 Å². The number of benzene rings is 2. The van der Waals surface area contributed by atoms with E-state index in [4.69, 9.17) is 19.6 Å². The zero-order chi connectivity index (χ0) is 26.5. The summed E-state index contributed by atoms with van der Waals surface area (Å²) in [5.74, 6) is -0.831. The van der Waals surface area contributed by atoms with Crippen molar-refractivity contribution in [2.45, 2.75) is 59.5 Å². The highest BCUT2D eigenvalue weighted by Crippen LogP contribution is 2.42. The summed E-state index contributed by atoms with van der Waals surface area (Å²) >= 11 is 0. The standard InChI is InChI=1S/C29H30FN3O4/c1-16-19-12-9-13-36-26(19)22(30)14-20(16)25-21(15-23(34)35)17(2)31-27-24(18-10-7-6-8-11-18)28(32-33(25)27)37-29(3,4)5/h6-8,10-11,14H,9,12-13,15H2,1-5H3,(H,34,35). The van der Waals surface area contributed by atoms with E-state index in [1.807, 2.05) is 58.0 Å². The van der Waals surface area contributed by atoms with Crippen LogP contribution in [0.1, 0.15) is 49.6 Å². The predicted molar refractivity (Wildman–Crippen MR) is 139 cm³/mol. The molecular formula is C29H30FN3O4. The second kappa shape index (κ2) is 9.18. The summed E-state index contributed by atoms with van der Waals surface area (Å²) in [6, 6.07) is 11.1. The predicted octanol–water partition coefficient (Wildman–Crippen LogP) is 5.95. The molecule has 0 fully saturated rings. The molecule has 0 amide bonds. The molecule has 0 saturated carbocycles. The van der Waals surface area contributed by atoms with Gasteiger partial charge in [0.05, 0.1) is 24.3 Å². The highest BCUT2D eigenvalue weighted by molar-refractivity contribution is 5.86. The average molecular weight is 504 g/mol. The molecule has 1 aliphatic rings. The van der Waals surface area contributed by atoms with Gasteiger partial charge in [-0.1, -0.05) is 30.3 Å². The van der Waals surface area contributed by atoms with Crippen molar-refractivity contribution in [3.8, 4) is 34.0 Å². The number of rotatable bonds is 5. The molecule has 2 aromatic carbocycles. The van der Waals surface area contributed by atoms with Crippen LogP contribution in [0.5, 0.6) is 11.6 Å². The Balaban J connectivity index is 1.90. The van der Waals surface area contributed by atoms with Crippen LogP contribution in [-0.2, 0) is 17.6 Å². The minimum absolute atomic E-state index is 0.275. The van der Waals surface area contributed by atoms with Crippen molar-refractivity contribution >= 4 is 11.6 Å². The molecule has 192 valence electrons. The first-order valence-electron chi connectivity index (χ1n) is 12.4. The van der Waals surface area contributed by atoms with Gasteiger partial charge in [0.1, 0.15) is 5.60 Å². The number of halogens is 1. The van der Waals surface area contributed by atoms with Crippen molar-refractivity contribution in [2.24, 2.45) is 0 Å². The van der Waals surface area contributed by atoms with Gasteiger partial charge in [0, 0.05) is 22.4 Å². The summed E-state index contributed by atoms with van der Waals surface area (Å²) in [4.78, 5) is 16.8. The van der Waals surface area contributed by atoms with Gasteiger partial charge in [0.15, 0.2) is 17.2 Å². The Morgan fingerprint density at radius 1 is 1.22 bits per heavy atom. The van der Waals surface area contributed by atoms with Gasteiger partial charge in [0.2, 0.25) is 5.88 Å². The van der Waals surface area contributed by atoms with Gasteiger partial charge < -0.3 is 14.6 Å². The molecule has 0 radical (unpaired) electrons. The number of ether oxygens (including phenoxy) is 2. The Hall–Kier alpha value is -3.94. The van der Waals surface area contributed by atoms with Crippen LogP contribution in [0, 0.1) is 19.7 Å². The van der Waals surface area contributed by atoms with E-state index in [1.165, 1.54) is 6.07 Å². The van der Waals surface area contributed by atoms with Gasteiger partial charge in [-0.15, -0.1) is 5.10 Å². The van der Waals surface area contributed by atoms with Gasteiger partial charge >= 0.3 is 5.97 Å². The van der Waals surface area contributed by atoms with E-state index in [9.17, 15) is 9.90 Å². The third-order valence-corrected chi connectivity index (χ3v) is 6.52. The minimum atomic E-state index is -1.01. The molecule has 5 rings (SSSR count). The normalized spacial score (nSPS) is 13.4. The number of fused-ring (bicyclic) bond motifs is 2. The fourth-order valence-corrected chi connectivity index (χ4v) is 4.94. The van der Waals surface area contributed by atoms with Crippen molar-refractivity contribution < 1.29 is 23.8 Å². The lowest BCUT2D eigenvalue weighted by Crippen LogP contribution is -2.23. The summed E-state index contributed by atoms with van der Waals surface area (Å²) in [6.45, 7) is 9.97. The van der Waals surface area contributed by atoms with Crippen LogP contribution >= 0.6 is 0 Å². The number of carboxylic acid groups (broad SMARTS) is 1. The summed E-state index contributed by atoms with van der Waals surface area (Å²) in [5.41, 5.74) is 5.24. The lowest BCUT2D eigenvalue weighted by Gasteiger charge is -2.23. The van der Waals surface area contributed by atoms with E-state index in [1.54, 1.807) is 11.4 Å². The van der Waals surface area contributed by atoms with Crippen molar-refractivity contribution in [2.75, 3.05) is 6.61 Å². The first-order chi connectivity index (χ1) is 17.5. The zero-order valence-electron chi connectivity index (χ0n) is 21.7. The van der Waals surface area contributed by atoms with E-state index in [2.05, 4.69) is 0 Å². The summed E-state index contributed by atoms with van der Waals surface area (Å²) < 4.78 is 28.9. The maximum absolute atomic E-state index is 15.4. The first kappa shape index (κ1) is 24.7. The number of hydrogen-bond donors (Lipinski definition) is 1. The molecule has 3 heterocycles. The van der Waals surface area contributed by atoms with Gasteiger partial charge in [-0.05, 0) is 64.7 Å². The van der Waals surface area contributed by atoms with Crippen LogP contribution in [-0.4, -0.2) is 37.9 Å². The van der Waals surface area contributed by atoms with Crippen molar-refractivity contribution in [1.82, 2.24) is 14.6 Å². The molecule has 1 N–H and O–H groups in total. The van der Waals surface area contributed by atoms with Gasteiger partial charge in [-0.3, -0.25) is 4.79 Å². The number of hydrogen-bond acceptors (Lipinski definition) is 5. The lowest BCUT2D eigenvalue weighted by molar-refractivity contribution is -0.136. The molecule has 37 heavy (non-hydrogen) atoms. The Bertz CT molecular complexity index is 1520. The van der Waals surface area contributed by atoms with E-state index in [0.717, 1.165) is 23.1 Å². The second-order valence-corrected chi connectivity index (χ2v) is 10.4. The van der Waals surface area contributed by atoms with Gasteiger partial charge in [-0.2, -0.15) is 0 Å². The number of aryl methyl sites for hydroxylation is 1. The molecule has 0 atom stereocenters. The van der Waals surface area contributed by atoms with Crippen molar-refractivity contribution in [3.63, 3.8) is 0 Å². The van der Waals surface area contributed by atoms with Gasteiger partial charge in [0.25, 0.3) is 0 Å². The number of aromatic nitrogens is 3. The number of aliphatic carboxylic acids is 1. The summed E-state index contributed by atoms with van der Waals surface area (Å²) in [6.07, 6.45) is 1.18. The molecule has 0 aliphatic carbocycles. The Kier molecular flexibility index (Phi) is 6.14. The third kappa shape index (κ3) is 4.52. The van der Waals surface area contributed by atoms with Crippen molar-refractivity contribution in [3.05, 3.63) is 64.6 Å². The first-order valence-corrected chi connectivity index (χ1v) is 12.4. The maximum atomic E-state index is 15.4. The molecule has 4 aromatic rings. The molecule has 1 aliphatic heterocycles. The Morgan fingerprint density at radius 2 is 1.95 bits per heavy atom. The Labute approximate surface area is 214 Å². The monoisotopic (exact) mass is 503 g/mol. The molecular weight excluding hydrogens is 473 g/mol. The van der Waals surface area contributed by atoms with Gasteiger partial charge in [-0.25, -0.2) is 13.9 Å². The van der Waals surface area contributed by atoms with Crippen LogP contribution in [0.4, 0.5) is 4.39 Å². The Morgan fingerprint density at radius 3 is 2.62 bits per heavy atom. The van der Waals surface area contributed by atoms with Crippen LogP contribution in [0.15, 0.2) is 36.4 Å². The SMILES string of the molecule is Cc1nc2c(-c3ccccc3)c(OC(C)(C)C)nn2c(-c2cc(F)c3c(c2C)CCCO3)c1CC(=O)O. The number of carbonyl (C=O) groups is 1. The molecule has 8 heteroatoms. The quantitative estimate of drug-likeness (QED) is 0.362. The smallest absolute Gasteiger partial charge is 0.307 e. The fourth-order valence-electron chi connectivity index (χ4n) is 4.94. The largest absolute Gasteiger partial charge is 0.490 e. The van der Waals surface area contributed by atoms with Crippen LogP contribution in [0.25, 0.3) is 28.0 Å². The highest BCUT2D eigenvalue weighted by Gasteiger charge is 2.29. The fraction of sp³-hybridized carbons (Fsp3) is 0.345. The molecule has 0 unspecified atom stereocenters. The molecule has 2 aromatic heterocycles. The lowest BCUT2D eigenvalue weighted by atomic mass is 9.91. The minimum Gasteiger partial charge on any atom is -0.490 e. The van der Waals surface area contributed by atoms with E-state index < -0.39 is 17.4 Å². The van der Waals surface area contributed by atoms with E-state index in [0.29, 0.717) is 52.6 Å². The molecule has 0 spiro atoms. The topological polar surface area (TPSA) is 86.0 Å².